The summed E-state index contributed by atoms with van der Waals surface area (Å²) >= 11 is 5.80. The van der Waals surface area contributed by atoms with Crippen LogP contribution in [0.5, 0.6) is 0 Å². The van der Waals surface area contributed by atoms with Crippen LogP contribution in [0.25, 0.3) is 0 Å². The smallest absolute Gasteiger partial charge is 0.384 e. The Morgan fingerprint density at radius 2 is 1.86 bits per heavy atom. The van der Waals surface area contributed by atoms with E-state index in [1.807, 2.05) is 6.07 Å². The Morgan fingerprint density at radius 1 is 1.17 bits per heavy atom. The second-order valence-electron chi connectivity index (χ2n) is 7.17. The molecule has 3 rings (SSSR count). The van der Waals surface area contributed by atoms with Crippen molar-refractivity contribution in [1.82, 2.24) is 4.72 Å². The molecular formula is C20H21ClF3NO3S. The Labute approximate surface area is 172 Å². The molecule has 0 saturated heterocycles. The van der Waals surface area contributed by atoms with E-state index in [2.05, 4.69) is 4.72 Å². The van der Waals surface area contributed by atoms with Crippen molar-refractivity contribution in [3.8, 4) is 0 Å². The Morgan fingerprint density at radius 3 is 2.52 bits per heavy atom. The van der Waals surface area contributed by atoms with E-state index in [4.69, 9.17) is 11.6 Å². The van der Waals surface area contributed by atoms with Crippen molar-refractivity contribution in [2.24, 2.45) is 0 Å². The fraction of sp³-hybridized carbons (Fsp3) is 0.400. The van der Waals surface area contributed by atoms with Gasteiger partial charge in [-0.1, -0.05) is 29.8 Å². The van der Waals surface area contributed by atoms with Gasteiger partial charge in [-0.25, -0.2) is 13.1 Å². The summed E-state index contributed by atoms with van der Waals surface area (Å²) in [4.78, 5) is 0.127. The van der Waals surface area contributed by atoms with Crippen LogP contribution in [-0.2, 0) is 29.3 Å². The molecule has 2 aromatic carbocycles. The Balaban J connectivity index is 1.69. The van der Waals surface area contributed by atoms with E-state index in [0.717, 1.165) is 16.7 Å². The quantitative estimate of drug-likeness (QED) is 0.702. The predicted octanol–water partition coefficient (Wildman–Crippen LogP) is 4.03. The lowest BCUT2D eigenvalue weighted by Gasteiger charge is -2.27. The van der Waals surface area contributed by atoms with Crippen molar-refractivity contribution < 1.29 is 26.7 Å². The molecule has 0 fully saturated rings. The lowest BCUT2D eigenvalue weighted by atomic mass is 9.84. The second-order valence-corrected chi connectivity index (χ2v) is 9.32. The number of sulfonamides is 1. The highest BCUT2D eigenvalue weighted by Crippen LogP contribution is 2.29. The van der Waals surface area contributed by atoms with Crippen molar-refractivity contribution in [3.63, 3.8) is 0 Å². The highest BCUT2D eigenvalue weighted by molar-refractivity contribution is 7.89. The summed E-state index contributed by atoms with van der Waals surface area (Å²) in [5.74, 6) is 0. The molecule has 2 N–H and O–H groups in total. The molecule has 2 unspecified atom stereocenters. The zero-order valence-electron chi connectivity index (χ0n) is 15.4. The van der Waals surface area contributed by atoms with Crippen LogP contribution in [0.15, 0.2) is 47.4 Å². The largest absolute Gasteiger partial charge is 0.414 e. The first-order chi connectivity index (χ1) is 13.6. The van der Waals surface area contributed by atoms with Crippen LogP contribution in [0.4, 0.5) is 13.2 Å². The van der Waals surface area contributed by atoms with Gasteiger partial charge in [0.1, 0.15) is 6.10 Å². The molecule has 158 valence electrons. The van der Waals surface area contributed by atoms with Gasteiger partial charge < -0.3 is 5.11 Å². The molecule has 1 aliphatic carbocycles. The van der Waals surface area contributed by atoms with Gasteiger partial charge in [-0.15, -0.1) is 0 Å². The van der Waals surface area contributed by atoms with Crippen molar-refractivity contribution in [3.05, 3.63) is 64.2 Å². The summed E-state index contributed by atoms with van der Waals surface area (Å²) in [5, 5.41) is 9.68. The van der Waals surface area contributed by atoms with Crippen molar-refractivity contribution in [2.75, 3.05) is 0 Å². The number of hydrogen-bond acceptors (Lipinski definition) is 3. The summed E-state index contributed by atoms with van der Waals surface area (Å²) < 4.78 is 65.5. The average molecular weight is 448 g/mol. The predicted molar refractivity (Wildman–Crippen MR) is 104 cm³/mol. The minimum absolute atomic E-state index is 0.116. The number of nitrogens with one attached hydrogen (secondary N) is 1. The van der Waals surface area contributed by atoms with E-state index >= 15 is 0 Å². The Hall–Kier alpha value is -1.61. The van der Waals surface area contributed by atoms with E-state index in [0.29, 0.717) is 24.3 Å². The van der Waals surface area contributed by atoms with Crippen LogP contribution in [0.2, 0.25) is 5.02 Å². The minimum atomic E-state index is -4.63. The van der Waals surface area contributed by atoms with Gasteiger partial charge in [0.05, 0.1) is 4.90 Å². The van der Waals surface area contributed by atoms with E-state index < -0.39 is 28.7 Å². The Bertz CT molecular complexity index is 962. The number of aliphatic hydroxyl groups is 1. The van der Waals surface area contributed by atoms with Crippen LogP contribution in [0.1, 0.15) is 29.5 Å². The second kappa shape index (κ2) is 8.63. The molecule has 0 aromatic heterocycles. The normalized spacial score (nSPS) is 18.3. The molecule has 0 amide bonds. The first-order valence-electron chi connectivity index (χ1n) is 9.18. The SMILES string of the molecule is O=S(=O)(NC1CCc2c(CCC(O)C(F)(F)F)cccc2C1)c1ccc(Cl)cc1. The monoisotopic (exact) mass is 447 g/mol. The van der Waals surface area contributed by atoms with E-state index in [1.165, 1.54) is 24.3 Å². The number of halogens is 4. The standard InChI is InChI=1S/C20H21ClF3NO3S/c21-15-5-8-17(9-6-15)29(27,28)25-16-7-10-18-13(2-1-3-14(18)12-16)4-11-19(26)20(22,23)24/h1-3,5-6,8-9,16,19,25-26H,4,7,10-12H2. The third-order valence-corrected chi connectivity index (χ3v) is 6.88. The number of fused-ring (bicyclic) bond motifs is 1. The maximum atomic E-state index is 12.6. The summed E-state index contributed by atoms with van der Waals surface area (Å²) in [5.41, 5.74) is 2.63. The highest BCUT2D eigenvalue weighted by atomic mass is 35.5. The topological polar surface area (TPSA) is 66.4 Å². The molecule has 0 radical (unpaired) electrons. The molecule has 2 atom stereocenters. The fourth-order valence-electron chi connectivity index (χ4n) is 3.58. The first-order valence-corrected chi connectivity index (χ1v) is 11.0. The third kappa shape index (κ3) is 5.51. The van der Waals surface area contributed by atoms with Gasteiger partial charge in [0.15, 0.2) is 0 Å². The lowest BCUT2D eigenvalue weighted by Crippen LogP contribution is -2.39. The molecule has 0 aliphatic heterocycles. The van der Waals surface area contributed by atoms with E-state index in [-0.39, 0.29) is 17.4 Å². The van der Waals surface area contributed by atoms with Crippen LogP contribution >= 0.6 is 11.6 Å². The molecule has 2 aromatic rings. The van der Waals surface area contributed by atoms with E-state index in [9.17, 15) is 26.7 Å². The van der Waals surface area contributed by atoms with Crippen LogP contribution in [-0.4, -0.2) is 31.8 Å². The number of alkyl halides is 3. The minimum Gasteiger partial charge on any atom is -0.384 e. The summed E-state index contributed by atoms with van der Waals surface area (Å²) in [6, 6.07) is 11.0. The van der Waals surface area contributed by atoms with Crippen molar-refractivity contribution >= 4 is 21.6 Å². The number of hydrogen-bond donors (Lipinski definition) is 2. The highest BCUT2D eigenvalue weighted by Gasteiger charge is 2.37. The molecule has 0 saturated carbocycles. The molecule has 9 heteroatoms. The maximum Gasteiger partial charge on any atom is 0.414 e. The van der Waals surface area contributed by atoms with Crippen LogP contribution in [0.3, 0.4) is 0 Å². The summed E-state index contributed by atoms with van der Waals surface area (Å²) in [7, 11) is -3.69. The van der Waals surface area contributed by atoms with Gasteiger partial charge in [-0.3, -0.25) is 0 Å². The summed E-state index contributed by atoms with van der Waals surface area (Å²) in [6.07, 6.45) is -5.70. The van der Waals surface area contributed by atoms with Crippen molar-refractivity contribution in [2.45, 2.75) is 55.3 Å². The van der Waals surface area contributed by atoms with Gasteiger partial charge >= 0.3 is 6.18 Å². The molecule has 29 heavy (non-hydrogen) atoms. The number of aliphatic hydroxyl groups excluding tert-OH is 1. The first kappa shape index (κ1) is 22.1. The van der Waals surface area contributed by atoms with Gasteiger partial charge in [-0.2, -0.15) is 13.2 Å². The Kier molecular flexibility index (Phi) is 6.57. The van der Waals surface area contributed by atoms with Gasteiger partial charge in [0.25, 0.3) is 0 Å². The molecular weight excluding hydrogens is 427 g/mol. The zero-order chi connectivity index (χ0) is 21.2. The average Bonchev–Trinajstić information content (AvgIpc) is 2.65. The van der Waals surface area contributed by atoms with E-state index in [1.54, 1.807) is 12.1 Å². The molecule has 4 nitrogen and oxygen atoms in total. The number of rotatable bonds is 6. The number of aryl methyl sites for hydroxylation is 1. The molecule has 1 aliphatic rings. The maximum absolute atomic E-state index is 12.6. The van der Waals surface area contributed by atoms with Gasteiger partial charge in [0, 0.05) is 11.1 Å². The summed E-state index contributed by atoms with van der Waals surface area (Å²) in [6.45, 7) is 0. The lowest BCUT2D eigenvalue weighted by molar-refractivity contribution is -0.205. The zero-order valence-corrected chi connectivity index (χ0v) is 17.0. The molecule has 0 bridgehead atoms. The van der Waals surface area contributed by atoms with Crippen LogP contribution in [0, 0.1) is 0 Å². The molecule has 0 heterocycles. The third-order valence-electron chi connectivity index (χ3n) is 5.09. The van der Waals surface area contributed by atoms with Crippen LogP contribution < -0.4 is 4.72 Å². The number of benzene rings is 2. The fourth-order valence-corrected chi connectivity index (χ4v) is 4.97. The molecule has 0 spiro atoms. The van der Waals surface area contributed by atoms with Gasteiger partial charge in [0.2, 0.25) is 10.0 Å². The van der Waals surface area contributed by atoms with Gasteiger partial charge in [-0.05, 0) is 73.1 Å². The van der Waals surface area contributed by atoms with Crippen molar-refractivity contribution in [1.29, 1.82) is 0 Å².